The van der Waals surface area contributed by atoms with Gasteiger partial charge in [-0.05, 0) is 54.6 Å². The Morgan fingerprint density at radius 2 is 1.40 bits per heavy atom. The first-order valence-corrected chi connectivity index (χ1v) is 12.0. The summed E-state index contributed by atoms with van der Waals surface area (Å²) in [5.74, 6) is -0.782. The van der Waals surface area contributed by atoms with Crippen LogP contribution in [0.15, 0.2) is 82.6 Å². The van der Waals surface area contributed by atoms with Crippen LogP contribution >= 0.6 is 23.2 Å². The van der Waals surface area contributed by atoms with Crippen molar-refractivity contribution < 1.29 is 21.6 Å². The molecule has 0 spiro atoms. The molecule has 156 valence electrons. The zero-order valence-electron chi connectivity index (χ0n) is 15.0. The summed E-state index contributed by atoms with van der Waals surface area (Å²) in [6.07, 6.45) is 0. The first-order chi connectivity index (χ1) is 14.1. The van der Waals surface area contributed by atoms with Crippen molar-refractivity contribution in [2.24, 2.45) is 0 Å². The molecular weight excluding hydrogens is 471 g/mol. The van der Waals surface area contributed by atoms with Crippen LogP contribution in [-0.4, -0.2) is 22.7 Å². The van der Waals surface area contributed by atoms with E-state index in [9.17, 15) is 21.6 Å². The topological polar surface area (TPSA) is 109 Å². The van der Waals surface area contributed by atoms with Crippen LogP contribution in [0.5, 0.6) is 0 Å². The molecule has 0 unspecified atom stereocenters. The van der Waals surface area contributed by atoms with Crippen LogP contribution in [0, 0.1) is 0 Å². The van der Waals surface area contributed by atoms with Gasteiger partial charge in [-0.2, -0.15) is 0 Å². The van der Waals surface area contributed by atoms with E-state index >= 15 is 0 Å². The fraction of sp³-hybridized carbons (Fsp3) is 0. The number of carbonyl (C=O) groups is 1. The van der Waals surface area contributed by atoms with Crippen molar-refractivity contribution >= 4 is 54.8 Å². The molecule has 0 saturated heterocycles. The Morgan fingerprint density at radius 3 is 2.03 bits per heavy atom. The molecule has 3 aromatic carbocycles. The molecule has 7 nitrogen and oxygen atoms in total. The third kappa shape index (κ3) is 5.11. The molecule has 11 heteroatoms. The third-order valence-corrected chi connectivity index (χ3v) is 7.31. The molecule has 0 saturated carbocycles. The summed E-state index contributed by atoms with van der Waals surface area (Å²) < 4.78 is 54.1. The highest BCUT2D eigenvalue weighted by Crippen LogP contribution is 2.27. The van der Waals surface area contributed by atoms with Crippen LogP contribution in [0.3, 0.4) is 0 Å². The summed E-state index contributed by atoms with van der Waals surface area (Å²) in [6.45, 7) is 0. The highest BCUT2D eigenvalue weighted by atomic mass is 35.5. The van der Waals surface area contributed by atoms with Crippen molar-refractivity contribution in [3.63, 3.8) is 0 Å². The van der Waals surface area contributed by atoms with Gasteiger partial charge in [-0.25, -0.2) is 21.6 Å². The summed E-state index contributed by atoms with van der Waals surface area (Å²) in [6, 6.07) is 16.7. The Bertz CT molecular complexity index is 1290. The molecule has 0 fully saturated rings. The fourth-order valence-corrected chi connectivity index (χ4v) is 5.22. The monoisotopic (exact) mass is 484 g/mol. The average Bonchev–Trinajstić information content (AvgIpc) is 2.70. The van der Waals surface area contributed by atoms with Crippen molar-refractivity contribution in [3.8, 4) is 0 Å². The number of hydrogen-bond donors (Lipinski definition) is 2. The van der Waals surface area contributed by atoms with Crippen molar-refractivity contribution in [1.82, 2.24) is 4.72 Å². The standard InChI is InChI=1S/C19H14Cl2N2O5S2/c20-14-6-11-17(21)18(12-14)30(27,28)22-15-7-9-16(10-8-15)29(25,26)23-19(24)13-4-2-1-3-5-13/h1-12,22H,(H,23,24). The van der Waals surface area contributed by atoms with Crippen molar-refractivity contribution in [2.75, 3.05) is 4.72 Å². The number of amides is 1. The Balaban J connectivity index is 1.79. The van der Waals surface area contributed by atoms with Gasteiger partial charge in [0.25, 0.3) is 26.0 Å². The van der Waals surface area contributed by atoms with Crippen LogP contribution < -0.4 is 9.44 Å². The van der Waals surface area contributed by atoms with E-state index in [-0.39, 0.29) is 31.1 Å². The summed E-state index contributed by atoms with van der Waals surface area (Å²) >= 11 is 11.8. The van der Waals surface area contributed by atoms with E-state index in [1.54, 1.807) is 18.2 Å². The molecule has 3 aromatic rings. The SMILES string of the molecule is O=C(NS(=O)(=O)c1ccc(NS(=O)(=O)c2cc(Cl)ccc2Cl)cc1)c1ccccc1. The number of nitrogens with one attached hydrogen (secondary N) is 2. The van der Waals surface area contributed by atoms with E-state index in [4.69, 9.17) is 23.2 Å². The second kappa shape index (κ2) is 8.65. The molecule has 0 atom stereocenters. The highest BCUT2D eigenvalue weighted by Gasteiger charge is 2.21. The first kappa shape index (κ1) is 22.1. The predicted molar refractivity (Wildman–Crippen MR) is 115 cm³/mol. The third-order valence-electron chi connectivity index (χ3n) is 3.86. The van der Waals surface area contributed by atoms with Gasteiger partial charge >= 0.3 is 0 Å². The van der Waals surface area contributed by atoms with E-state index < -0.39 is 26.0 Å². The van der Waals surface area contributed by atoms with Gasteiger partial charge in [0, 0.05) is 16.3 Å². The maximum absolute atomic E-state index is 12.5. The second-order valence-electron chi connectivity index (χ2n) is 6.01. The number of carbonyl (C=O) groups excluding carboxylic acids is 1. The van der Waals surface area contributed by atoms with Gasteiger partial charge in [-0.15, -0.1) is 0 Å². The number of rotatable bonds is 6. The number of anilines is 1. The highest BCUT2D eigenvalue weighted by molar-refractivity contribution is 7.92. The van der Waals surface area contributed by atoms with Crippen LogP contribution in [0.4, 0.5) is 5.69 Å². The maximum Gasteiger partial charge on any atom is 0.264 e. The van der Waals surface area contributed by atoms with E-state index in [2.05, 4.69) is 4.72 Å². The molecule has 0 bridgehead atoms. The van der Waals surface area contributed by atoms with Gasteiger partial charge in [0.1, 0.15) is 4.90 Å². The largest absolute Gasteiger partial charge is 0.280 e. The Morgan fingerprint density at radius 1 is 0.767 bits per heavy atom. The lowest BCUT2D eigenvalue weighted by atomic mass is 10.2. The zero-order chi connectivity index (χ0) is 21.9. The lowest BCUT2D eigenvalue weighted by Crippen LogP contribution is -2.30. The van der Waals surface area contributed by atoms with Crippen molar-refractivity contribution in [1.29, 1.82) is 0 Å². The molecule has 0 aliphatic carbocycles. The number of hydrogen-bond acceptors (Lipinski definition) is 5. The summed E-state index contributed by atoms with van der Waals surface area (Å²) in [5, 5.41) is 0.171. The summed E-state index contributed by atoms with van der Waals surface area (Å²) in [7, 11) is -8.20. The van der Waals surface area contributed by atoms with Gasteiger partial charge in [-0.3, -0.25) is 9.52 Å². The molecule has 1 amide bonds. The molecule has 0 heterocycles. The molecule has 0 radical (unpaired) electrons. The molecule has 0 aliphatic rings. The van der Waals surface area contributed by atoms with Crippen molar-refractivity contribution in [3.05, 3.63) is 88.4 Å². The zero-order valence-corrected chi connectivity index (χ0v) is 18.2. The number of halogens is 2. The van der Waals surface area contributed by atoms with Gasteiger partial charge in [0.05, 0.1) is 9.92 Å². The Kier molecular flexibility index (Phi) is 6.37. The van der Waals surface area contributed by atoms with Crippen LogP contribution in [0.25, 0.3) is 0 Å². The van der Waals surface area contributed by atoms with Crippen LogP contribution in [0.2, 0.25) is 10.0 Å². The number of benzene rings is 3. The predicted octanol–water partition coefficient (Wildman–Crippen LogP) is 3.91. The van der Waals surface area contributed by atoms with Crippen molar-refractivity contribution in [2.45, 2.75) is 9.79 Å². The van der Waals surface area contributed by atoms with E-state index in [1.165, 1.54) is 42.5 Å². The average molecular weight is 485 g/mol. The quantitative estimate of drug-likeness (QED) is 0.550. The Labute approximate surface area is 183 Å². The first-order valence-electron chi connectivity index (χ1n) is 8.29. The van der Waals surface area contributed by atoms with Gasteiger partial charge in [-0.1, -0.05) is 41.4 Å². The van der Waals surface area contributed by atoms with Crippen LogP contribution in [-0.2, 0) is 20.0 Å². The Hall–Kier alpha value is -2.59. The van der Waals surface area contributed by atoms with Crippen LogP contribution in [0.1, 0.15) is 10.4 Å². The molecule has 0 aromatic heterocycles. The molecular formula is C19H14Cl2N2O5S2. The fourth-order valence-electron chi connectivity index (χ4n) is 2.42. The second-order valence-corrected chi connectivity index (χ2v) is 10.2. The summed E-state index contributed by atoms with van der Waals surface area (Å²) in [5.41, 5.74) is 0.281. The lowest BCUT2D eigenvalue weighted by Gasteiger charge is -2.11. The molecule has 30 heavy (non-hydrogen) atoms. The van der Waals surface area contributed by atoms with E-state index in [0.717, 1.165) is 12.1 Å². The van der Waals surface area contributed by atoms with Gasteiger partial charge in [0.2, 0.25) is 0 Å². The molecule has 2 N–H and O–H groups in total. The van der Waals surface area contributed by atoms with Gasteiger partial charge < -0.3 is 0 Å². The minimum atomic E-state index is -4.15. The summed E-state index contributed by atoms with van der Waals surface area (Å²) in [4.78, 5) is 11.7. The minimum Gasteiger partial charge on any atom is -0.280 e. The maximum atomic E-state index is 12.5. The minimum absolute atomic E-state index is 0.0188. The van der Waals surface area contributed by atoms with E-state index in [1.807, 2.05) is 4.72 Å². The van der Waals surface area contributed by atoms with E-state index in [0.29, 0.717) is 0 Å². The lowest BCUT2D eigenvalue weighted by molar-refractivity contribution is 0.0981. The smallest absolute Gasteiger partial charge is 0.264 e. The molecule has 3 rings (SSSR count). The normalized spacial score (nSPS) is 11.7. The molecule has 0 aliphatic heterocycles. The number of sulfonamides is 2. The van der Waals surface area contributed by atoms with Gasteiger partial charge in [0.15, 0.2) is 0 Å².